The summed E-state index contributed by atoms with van der Waals surface area (Å²) in [6, 6.07) is 3.87. The van der Waals surface area contributed by atoms with Crippen LogP contribution in [0, 0.1) is 0 Å². The standard InChI is InChI=1S/C20H21BrN6O2S/c1-20(2,3)18-23-15-14(17(28)26(5)19(29)25(15)4)16(24-18)30-10-12-9-27-8-11(21)6-7-13(27)22-12/h6-9H,10H2,1-5H3. The molecule has 0 aliphatic rings. The molecule has 4 aromatic heterocycles. The van der Waals surface area contributed by atoms with Crippen molar-refractivity contribution in [1.82, 2.24) is 28.5 Å². The van der Waals surface area contributed by atoms with Crippen molar-refractivity contribution in [3.05, 3.63) is 61.4 Å². The molecule has 30 heavy (non-hydrogen) atoms. The van der Waals surface area contributed by atoms with Gasteiger partial charge in [0.15, 0.2) is 5.65 Å². The number of nitrogens with zero attached hydrogens (tertiary/aromatic N) is 6. The van der Waals surface area contributed by atoms with E-state index in [4.69, 9.17) is 4.98 Å². The lowest BCUT2D eigenvalue weighted by Gasteiger charge is -2.19. The van der Waals surface area contributed by atoms with Crippen molar-refractivity contribution in [2.75, 3.05) is 0 Å². The molecule has 156 valence electrons. The summed E-state index contributed by atoms with van der Waals surface area (Å²) in [7, 11) is 3.09. The van der Waals surface area contributed by atoms with Gasteiger partial charge in [-0.3, -0.25) is 13.9 Å². The van der Waals surface area contributed by atoms with Gasteiger partial charge in [0.2, 0.25) is 0 Å². The van der Waals surface area contributed by atoms with E-state index in [1.54, 1.807) is 7.05 Å². The largest absolute Gasteiger partial charge is 0.332 e. The maximum absolute atomic E-state index is 12.9. The number of hydrogen-bond acceptors (Lipinski definition) is 6. The number of imidazole rings is 1. The van der Waals surface area contributed by atoms with Gasteiger partial charge in [0.05, 0.1) is 5.69 Å². The van der Waals surface area contributed by atoms with Crippen molar-refractivity contribution in [2.45, 2.75) is 37.0 Å². The molecule has 10 heteroatoms. The second-order valence-electron chi connectivity index (χ2n) is 8.14. The van der Waals surface area contributed by atoms with Gasteiger partial charge in [-0.15, -0.1) is 0 Å². The first-order valence-corrected chi connectivity index (χ1v) is 11.1. The number of halogens is 1. The third-order valence-corrected chi connectivity index (χ3v) is 6.24. The fourth-order valence-corrected chi connectivity index (χ4v) is 4.35. The normalized spacial score (nSPS) is 12.2. The van der Waals surface area contributed by atoms with Crippen LogP contribution in [0.15, 0.2) is 43.6 Å². The fraction of sp³-hybridized carbons (Fsp3) is 0.350. The van der Waals surface area contributed by atoms with Crippen LogP contribution in [0.4, 0.5) is 0 Å². The molecule has 0 aliphatic carbocycles. The first-order valence-electron chi connectivity index (χ1n) is 9.30. The molecule has 0 fully saturated rings. The van der Waals surface area contributed by atoms with Crippen LogP contribution in [0.3, 0.4) is 0 Å². The molecule has 4 aromatic rings. The highest BCUT2D eigenvalue weighted by Gasteiger charge is 2.23. The third kappa shape index (κ3) is 3.58. The first-order chi connectivity index (χ1) is 14.1. The van der Waals surface area contributed by atoms with Gasteiger partial charge in [-0.25, -0.2) is 19.7 Å². The zero-order chi connectivity index (χ0) is 21.8. The minimum atomic E-state index is -0.409. The van der Waals surface area contributed by atoms with Crippen molar-refractivity contribution < 1.29 is 0 Å². The highest BCUT2D eigenvalue weighted by Crippen LogP contribution is 2.29. The van der Waals surface area contributed by atoms with Crippen LogP contribution < -0.4 is 11.2 Å². The number of aryl methyl sites for hydroxylation is 1. The van der Waals surface area contributed by atoms with Crippen LogP contribution in [0.1, 0.15) is 32.3 Å². The lowest BCUT2D eigenvalue weighted by molar-refractivity contribution is 0.539. The molecule has 0 aliphatic heterocycles. The van der Waals surface area contributed by atoms with E-state index in [-0.39, 0.29) is 5.41 Å². The van der Waals surface area contributed by atoms with Gasteiger partial charge in [0.25, 0.3) is 5.56 Å². The Morgan fingerprint density at radius 2 is 1.77 bits per heavy atom. The van der Waals surface area contributed by atoms with Crippen molar-refractivity contribution in [2.24, 2.45) is 14.1 Å². The zero-order valence-electron chi connectivity index (χ0n) is 17.3. The van der Waals surface area contributed by atoms with Crippen LogP contribution in [0.5, 0.6) is 0 Å². The summed E-state index contributed by atoms with van der Waals surface area (Å²) < 4.78 is 5.41. The van der Waals surface area contributed by atoms with Crippen molar-refractivity contribution >= 4 is 44.4 Å². The van der Waals surface area contributed by atoms with E-state index in [0.29, 0.717) is 27.6 Å². The summed E-state index contributed by atoms with van der Waals surface area (Å²) in [6.45, 7) is 6.01. The van der Waals surface area contributed by atoms with E-state index in [0.717, 1.165) is 20.4 Å². The number of pyridine rings is 1. The average molecular weight is 489 g/mol. The number of rotatable bonds is 3. The molecule has 0 amide bonds. The summed E-state index contributed by atoms with van der Waals surface area (Å²) >= 11 is 4.89. The Hall–Kier alpha value is -2.46. The molecule has 0 N–H and O–H groups in total. The Morgan fingerprint density at radius 1 is 1.03 bits per heavy atom. The Bertz CT molecular complexity index is 1410. The maximum atomic E-state index is 12.9. The summed E-state index contributed by atoms with van der Waals surface area (Å²) in [4.78, 5) is 39.2. The maximum Gasteiger partial charge on any atom is 0.332 e. The summed E-state index contributed by atoms with van der Waals surface area (Å²) in [5.41, 5.74) is 0.918. The number of hydrogen-bond donors (Lipinski definition) is 0. The van der Waals surface area contributed by atoms with Gasteiger partial charge in [0.1, 0.15) is 21.9 Å². The van der Waals surface area contributed by atoms with E-state index < -0.39 is 11.2 Å². The molecule has 0 saturated carbocycles. The molecule has 4 rings (SSSR count). The zero-order valence-corrected chi connectivity index (χ0v) is 19.7. The van der Waals surface area contributed by atoms with Crippen LogP contribution in [0.25, 0.3) is 16.7 Å². The number of fused-ring (bicyclic) bond motifs is 2. The highest BCUT2D eigenvalue weighted by molar-refractivity contribution is 9.10. The molecule has 0 unspecified atom stereocenters. The SMILES string of the molecule is Cn1c(=O)c2c(SCc3cn4cc(Br)ccc4n3)nc(C(C)(C)C)nc2n(C)c1=O. The van der Waals surface area contributed by atoms with Crippen LogP contribution in [0.2, 0.25) is 0 Å². The molecule has 0 bridgehead atoms. The van der Waals surface area contributed by atoms with Gasteiger partial charge in [-0.1, -0.05) is 32.5 Å². The predicted octanol–water partition coefficient (Wildman–Crippen LogP) is 3.03. The first kappa shape index (κ1) is 20.8. The average Bonchev–Trinajstić information content (AvgIpc) is 3.09. The lowest BCUT2D eigenvalue weighted by Crippen LogP contribution is -2.38. The molecule has 4 heterocycles. The van der Waals surface area contributed by atoms with E-state index in [9.17, 15) is 9.59 Å². The second-order valence-corrected chi connectivity index (χ2v) is 10.0. The van der Waals surface area contributed by atoms with Crippen molar-refractivity contribution in [3.8, 4) is 0 Å². The van der Waals surface area contributed by atoms with Crippen molar-refractivity contribution in [3.63, 3.8) is 0 Å². The van der Waals surface area contributed by atoms with E-state index in [1.165, 1.54) is 23.4 Å². The number of thioether (sulfide) groups is 1. The molecule has 0 saturated heterocycles. The van der Waals surface area contributed by atoms with Gasteiger partial charge in [-0.2, -0.15) is 0 Å². The summed E-state index contributed by atoms with van der Waals surface area (Å²) in [5, 5.41) is 0.906. The smallest absolute Gasteiger partial charge is 0.306 e. The van der Waals surface area contributed by atoms with Crippen LogP contribution in [-0.4, -0.2) is 28.5 Å². The molecule has 0 radical (unpaired) electrons. The van der Waals surface area contributed by atoms with Gasteiger partial charge < -0.3 is 4.40 Å². The Kier molecular flexibility index (Phi) is 5.09. The van der Waals surface area contributed by atoms with Gasteiger partial charge in [-0.05, 0) is 28.1 Å². The molecule has 8 nitrogen and oxygen atoms in total. The fourth-order valence-electron chi connectivity index (χ4n) is 3.10. The van der Waals surface area contributed by atoms with Crippen LogP contribution >= 0.6 is 27.7 Å². The Balaban J connectivity index is 1.85. The molecular formula is C20H21BrN6O2S. The van der Waals surface area contributed by atoms with Crippen LogP contribution in [-0.2, 0) is 25.3 Å². The van der Waals surface area contributed by atoms with Gasteiger partial charge >= 0.3 is 5.69 Å². The highest BCUT2D eigenvalue weighted by atomic mass is 79.9. The molecule has 0 atom stereocenters. The monoisotopic (exact) mass is 488 g/mol. The lowest BCUT2D eigenvalue weighted by atomic mass is 9.96. The van der Waals surface area contributed by atoms with E-state index in [1.807, 2.05) is 49.7 Å². The topological polar surface area (TPSA) is 87.1 Å². The summed E-state index contributed by atoms with van der Waals surface area (Å²) in [6.07, 6.45) is 3.90. The minimum Gasteiger partial charge on any atom is -0.306 e. The number of aromatic nitrogens is 6. The summed E-state index contributed by atoms with van der Waals surface area (Å²) in [5.74, 6) is 1.11. The Morgan fingerprint density at radius 3 is 2.47 bits per heavy atom. The minimum absolute atomic E-state index is 0.337. The van der Waals surface area contributed by atoms with Crippen molar-refractivity contribution in [1.29, 1.82) is 0 Å². The predicted molar refractivity (Wildman–Crippen MR) is 121 cm³/mol. The molecule has 0 aromatic carbocycles. The second kappa shape index (κ2) is 7.35. The molecule has 0 spiro atoms. The third-order valence-electron chi connectivity index (χ3n) is 4.76. The Labute approximate surface area is 185 Å². The van der Waals surface area contributed by atoms with E-state index in [2.05, 4.69) is 25.9 Å². The molecular weight excluding hydrogens is 468 g/mol. The quantitative estimate of drug-likeness (QED) is 0.325. The van der Waals surface area contributed by atoms with Gasteiger partial charge in [0, 0.05) is 42.1 Å². The van der Waals surface area contributed by atoms with E-state index >= 15 is 0 Å².